The number of terminal acetylenes is 1. The fraction of sp³-hybridized carbons (Fsp3) is 0.581. The molecule has 1 aliphatic rings. The summed E-state index contributed by atoms with van der Waals surface area (Å²) < 4.78 is 11.9. The number of carbonyl (C=O) groups is 10. The van der Waals surface area contributed by atoms with E-state index in [4.69, 9.17) is 15.9 Å². The second-order valence-electron chi connectivity index (χ2n) is 24.4. The van der Waals surface area contributed by atoms with Crippen molar-refractivity contribution in [3.63, 3.8) is 0 Å². The van der Waals surface area contributed by atoms with Gasteiger partial charge in [0.25, 0.3) is 29.5 Å². The van der Waals surface area contributed by atoms with Gasteiger partial charge in [-0.2, -0.15) is 0 Å². The van der Waals surface area contributed by atoms with Crippen LogP contribution in [-0.2, 0) is 59.0 Å². The van der Waals surface area contributed by atoms with E-state index >= 15 is 0 Å². The highest BCUT2D eigenvalue weighted by Gasteiger charge is 2.37. The number of phenols is 1. The van der Waals surface area contributed by atoms with Crippen molar-refractivity contribution in [3.8, 4) is 18.1 Å². The maximum absolute atomic E-state index is 14.3. The van der Waals surface area contributed by atoms with Crippen molar-refractivity contribution in [3.05, 3.63) is 64.7 Å². The molecule has 0 unspecified atom stereocenters. The van der Waals surface area contributed by atoms with E-state index in [0.29, 0.717) is 30.0 Å². The highest BCUT2D eigenvalue weighted by Crippen LogP contribution is 2.31. The normalized spacial score (nSPS) is 15.0. The van der Waals surface area contributed by atoms with Crippen molar-refractivity contribution in [2.75, 3.05) is 66.4 Å². The van der Waals surface area contributed by atoms with E-state index in [9.17, 15) is 58.2 Å². The fourth-order valence-corrected chi connectivity index (χ4v) is 9.86. The SMILES string of the molecule is C#C[C@@H](CC)/C(=N\C(=O)C(C)(C)N(C)C)C(=O)N(C)[C@H](C[C@@H](OC)c1nc(C(=O)N[C@@H](Cc2ccc(O)c(NC(=O)[C@H](C)NC(=O)CNC(=O)CC(C)(C)COCC(C)(C)CNC(=O)CCCN3C(=O)C=CC3=O)c2)C[C@H](C=C)C(=O)O)cs1)C(C)C. The van der Waals surface area contributed by atoms with E-state index < -0.39 is 112 Å². The van der Waals surface area contributed by atoms with Crippen LogP contribution in [0.1, 0.15) is 135 Å². The standard InChI is InChI=1S/C62H90N10O14S/c1-17-40(18-2)53(69-59(84)62(11,12)70(13)14)57(81)71(15)45(37(4)5)30-47(85-16)56-68-44(33-87-56)55(80)66-42(29-41(19-3)58(82)83)27-39-22-23-46(73)43(28-39)67-54(79)38(6)65-50(76)32-63-49(75)31-60(7,8)35-86-36-61(9,10)34-64-48(74)21-20-26-72-51(77)24-25-52(72)78/h1,19,22-25,28,33,37-38,40-42,45,47,73H,3,18,20-21,26-27,29-32,34-36H2,2,4-16H3,(H,63,75)(H,64,74)(H,65,76)(H,66,80)(H,67,79)(H,82,83)/b69-53+/t38-,40-,41-,42-,45+,47+/m0/s1. The van der Waals surface area contributed by atoms with Crippen molar-refractivity contribution in [2.45, 2.75) is 144 Å². The average Bonchev–Trinajstić information content (AvgIpc) is 3.86. The van der Waals surface area contributed by atoms with Crippen LogP contribution in [0.2, 0.25) is 0 Å². The van der Waals surface area contributed by atoms with Crippen LogP contribution in [0.25, 0.3) is 0 Å². The second-order valence-corrected chi connectivity index (χ2v) is 25.3. The molecule has 9 amide bonds. The number of aromatic nitrogens is 1. The van der Waals surface area contributed by atoms with Crippen LogP contribution in [0.4, 0.5) is 5.69 Å². The lowest BCUT2D eigenvalue weighted by molar-refractivity contribution is -0.140. The van der Waals surface area contributed by atoms with Gasteiger partial charge in [0.05, 0.1) is 42.8 Å². The number of imide groups is 1. The lowest BCUT2D eigenvalue weighted by atomic mass is 9.89. The van der Waals surface area contributed by atoms with Crippen molar-refractivity contribution in [1.82, 2.24) is 41.0 Å². The highest BCUT2D eigenvalue weighted by molar-refractivity contribution is 7.09. The zero-order valence-electron chi connectivity index (χ0n) is 52.8. The van der Waals surface area contributed by atoms with Crippen molar-refractivity contribution < 1.29 is 67.6 Å². The Hall–Kier alpha value is -7.66. The molecular formula is C62H90N10O14S. The molecule has 0 aliphatic carbocycles. The predicted octanol–water partition coefficient (Wildman–Crippen LogP) is 4.83. The van der Waals surface area contributed by atoms with E-state index in [1.54, 1.807) is 39.9 Å². The zero-order chi connectivity index (χ0) is 65.7. The van der Waals surface area contributed by atoms with Gasteiger partial charge in [0.2, 0.25) is 23.6 Å². The summed E-state index contributed by atoms with van der Waals surface area (Å²) >= 11 is 1.15. The summed E-state index contributed by atoms with van der Waals surface area (Å²) in [7, 11) is 6.58. The molecule has 0 fully saturated rings. The first-order valence-electron chi connectivity index (χ1n) is 28.9. The van der Waals surface area contributed by atoms with Gasteiger partial charge in [0.1, 0.15) is 34.3 Å². The smallest absolute Gasteiger partial charge is 0.310 e. The maximum atomic E-state index is 14.3. The third kappa shape index (κ3) is 22.9. The molecule has 0 saturated heterocycles. The van der Waals surface area contributed by atoms with Gasteiger partial charge in [0, 0.05) is 81.5 Å². The van der Waals surface area contributed by atoms with E-state index in [1.807, 2.05) is 48.5 Å². The molecule has 25 heteroatoms. The maximum Gasteiger partial charge on any atom is 0.310 e. The Morgan fingerprint density at radius 3 is 2.14 bits per heavy atom. The van der Waals surface area contributed by atoms with Crippen LogP contribution < -0.4 is 26.6 Å². The monoisotopic (exact) mass is 1230 g/mol. The van der Waals surface area contributed by atoms with Gasteiger partial charge in [-0.25, -0.2) is 9.98 Å². The number of ether oxygens (including phenoxy) is 2. The fourth-order valence-electron chi connectivity index (χ4n) is 8.98. The summed E-state index contributed by atoms with van der Waals surface area (Å²) in [5, 5.41) is 36.2. The van der Waals surface area contributed by atoms with Crippen molar-refractivity contribution >= 4 is 81.9 Å². The number of thiazole rings is 1. The average molecular weight is 1230 g/mol. The number of carboxylic acids is 1. The minimum absolute atomic E-state index is 0.00509. The van der Waals surface area contributed by atoms with Gasteiger partial charge in [-0.1, -0.05) is 66.5 Å². The van der Waals surface area contributed by atoms with Gasteiger partial charge in [-0.05, 0) is 89.6 Å². The first-order valence-corrected chi connectivity index (χ1v) is 29.7. The number of anilines is 1. The predicted molar refractivity (Wildman–Crippen MR) is 330 cm³/mol. The highest BCUT2D eigenvalue weighted by atomic mass is 32.1. The summed E-state index contributed by atoms with van der Waals surface area (Å²) in [5.74, 6) is -5.36. The largest absolute Gasteiger partial charge is 0.506 e. The number of aliphatic carboxylic acids is 1. The molecule has 1 aliphatic heterocycles. The van der Waals surface area contributed by atoms with Gasteiger partial charge in [-0.15, -0.1) is 24.3 Å². The number of carboxylic acid groups (broad SMARTS) is 1. The number of likely N-dealkylation sites (N-methyl/N-ethyl adjacent to an activating group) is 1. The van der Waals surface area contributed by atoms with Crippen LogP contribution in [0, 0.1) is 40.9 Å². The first-order chi connectivity index (χ1) is 40.6. The number of carbonyl (C=O) groups excluding carboxylic acids is 9. The summed E-state index contributed by atoms with van der Waals surface area (Å²) in [5.41, 5.74) is -1.74. The van der Waals surface area contributed by atoms with Crippen LogP contribution in [-0.4, -0.2) is 180 Å². The van der Waals surface area contributed by atoms with E-state index in [0.717, 1.165) is 16.2 Å². The Kier molecular flexibility index (Phi) is 28.3. The third-order valence-electron chi connectivity index (χ3n) is 14.9. The molecular weight excluding hydrogens is 1140 g/mol. The topological polar surface area (TPSA) is 325 Å². The van der Waals surface area contributed by atoms with Crippen LogP contribution in [0.3, 0.4) is 0 Å². The summed E-state index contributed by atoms with van der Waals surface area (Å²) in [6, 6.07) is 1.83. The summed E-state index contributed by atoms with van der Waals surface area (Å²) in [6.07, 6.45) is 9.76. The molecule has 2 aromatic rings. The lowest BCUT2D eigenvalue weighted by Gasteiger charge is -2.34. The number of aliphatic imine (C=N–C) groups is 1. The van der Waals surface area contributed by atoms with Crippen molar-refractivity contribution in [2.24, 2.45) is 33.6 Å². The number of nitrogens with one attached hydrogen (secondary N) is 5. The zero-order valence-corrected chi connectivity index (χ0v) is 53.6. The van der Waals surface area contributed by atoms with E-state index in [2.05, 4.69) is 49.1 Å². The minimum atomic E-state index is -1.18. The molecule has 7 N–H and O–H groups in total. The molecule has 478 valence electrons. The number of amides is 9. The molecule has 0 radical (unpaired) electrons. The molecule has 2 heterocycles. The van der Waals surface area contributed by atoms with Crippen LogP contribution >= 0.6 is 11.3 Å². The molecule has 0 spiro atoms. The van der Waals surface area contributed by atoms with Gasteiger partial charge < -0.3 is 51.2 Å². The van der Waals surface area contributed by atoms with Crippen LogP contribution in [0.5, 0.6) is 5.75 Å². The molecule has 0 saturated carbocycles. The van der Waals surface area contributed by atoms with E-state index in [-0.39, 0.29) is 86.5 Å². The molecule has 1 aromatic heterocycles. The first kappa shape index (κ1) is 73.6. The molecule has 3 rings (SSSR count). The quantitative estimate of drug-likeness (QED) is 0.0158. The Labute approximate surface area is 515 Å². The summed E-state index contributed by atoms with van der Waals surface area (Å²) in [6.45, 7) is 22.0. The third-order valence-corrected chi connectivity index (χ3v) is 15.9. The Morgan fingerprint density at radius 1 is 0.920 bits per heavy atom. The van der Waals surface area contributed by atoms with Gasteiger partial charge in [-0.3, -0.25) is 57.7 Å². The van der Waals surface area contributed by atoms with Gasteiger partial charge >= 0.3 is 5.97 Å². The number of hydrogen-bond acceptors (Lipinski definition) is 16. The minimum Gasteiger partial charge on any atom is -0.506 e. The van der Waals surface area contributed by atoms with Crippen molar-refractivity contribution in [1.29, 1.82) is 0 Å². The Bertz CT molecular complexity index is 2910. The second kappa shape index (κ2) is 33.5. The van der Waals surface area contributed by atoms with Gasteiger partial charge in [0.15, 0.2) is 0 Å². The molecule has 24 nitrogen and oxygen atoms in total. The van der Waals surface area contributed by atoms with Crippen LogP contribution in [0.15, 0.2) is 53.4 Å². The number of rotatable bonds is 36. The van der Waals surface area contributed by atoms with E-state index in [1.165, 1.54) is 60.7 Å². The lowest BCUT2D eigenvalue weighted by Crippen LogP contribution is -2.48. The number of benzene rings is 1. The number of nitrogens with zero attached hydrogens (tertiary/aromatic N) is 5. The molecule has 0 bridgehead atoms. The molecule has 6 atom stereocenters. The molecule has 87 heavy (non-hydrogen) atoms. The summed E-state index contributed by atoms with van der Waals surface area (Å²) in [4.78, 5) is 142. The number of phenolic OH excluding ortho intramolecular Hbond substituents is 1. The molecule has 1 aromatic carbocycles. The number of methoxy groups -OCH3 is 1. The number of hydrogen-bond donors (Lipinski definition) is 7. The Morgan fingerprint density at radius 2 is 1.56 bits per heavy atom. The Balaban J connectivity index is 1.62. The number of aromatic hydroxyl groups is 1.